The Balaban J connectivity index is 1.48. The smallest absolute Gasteiger partial charge is 0.323 e. The molecule has 1 amide bonds. The molecule has 7 nitrogen and oxygen atoms in total. The average molecular weight is 447 g/mol. The molecule has 2 aromatic heterocycles. The number of nitriles is 1. The fraction of sp³-hybridized carbons (Fsp3) is 0.111. The van der Waals surface area contributed by atoms with Gasteiger partial charge in [0.25, 0.3) is 5.91 Å². The lowest BCUT2D eigenvalue weighted by atomic mass is 9.92. The fourth-order valence-electron chi connectivity index (χ4n) is 4.03. The molecule has 0 aliphatic rings. The maximum atomic E-state index is 13.1. The van der Waals surface area contributed by atoms with E-state index in [0.717, 1.165) is 22.0 Å². The van der Waals surface area contributed by atoms with E-state index in [4.69, 9.17) is 4.42 Å². The van der Waals surface area contributed by atoms with Crippen molar-refractivity contribution in [3.8, 4) is 23.3 Å². The lowest BCUT2D eigenvalue weighted by molar-refractivity contribution is 0.102. The van der Waals surface area contributed by atoms with Gasteiger partial charge in [0.05, 0.1) is 23.3 Å². The van der Waals surface area contributed by atoms with E-state index in [0.29, 0.717) is 28.5 Å². The van der Waals surface area contributed by atoms with Crippen LogP contribution in [0.25, 0.3) is 28.2 Å². The third-order valence-corrected chi connectivity index (χ3v) is 5.62. The minimum atomic E-state index is -0.270. The van der Waals surface area contributed by atoms with Gasteiger partial charge in [-0.25, -0.2) is 0 Å². The molecular weight excluding hydrogens is 426 g/mol. The number of carbonyl (C=O) groups excluding carboxylic acids is 1. The minimum Gasteiger partial charge on any atom is -0.430 e. The van der Waals surface area contributed by atoms with Crippen LogP contribution < -0.4 is 5.32 Å². The SMILES string of the molecule is CC(C)c1c(C#N)cccc1C(=O)Nc1ccc2cnn(-c3nc(-c4ccccc4)co3)c2c1. The van der Waals surface area contributed by atoms with E-state index in [1.54, 1.807) is 35.3 Å². The van der Waals surface area contributed by atoms with Crippen LogP contribution in [0.1, 0.15) is 41.3 Å². The first-order chi connectivity index (χ1) is 16.5. The van der Waals surface area contributed by atoms with Gasteiger partial charge >= 0.3 is 6.01 Å². The number of nitrogens with one attached hydrogen (secondary N) is 1. The zero-order valence-electron chi connectivity index (χ0n) is 18.7. The van der Waals surface area contributed by atoms with Crippen molar-refractivity contribution in [3.05, 3.63) is 95.9 Å². The molecule has 0 fully saturated rings. The van der Waals surface area contributed by atoms with Crippen LogP contribution in [-0.2, 0) is 0 Å². The van der Waals surface area contributed by atoms with Gasteiger partial charge in [0.15, 0.2) is 0 Å². The number of amides is 1. The monoisotopic (exact) mass is 447 g/mol. The van der Waals surface area contributed by atoms with Gasteiger partial charge in [0, 0.05) is 22.2 Å². The standard InChI is InChI=1S/C27H21N5O2/c1-17(2)25-19(14-28)9-6-10-22(25)26(33)30-21-12-11-20-15-29-32(24(20)13-21)27-31-23(16-34-27)18-7-4-3-5-8-18/h3-13,15-17H,1-2H3,(H,30,33). The number of nitrogens with zero attached hydrogens (tertiary/aromatic N) is 4. The molecule has 2 heterocycles. The Morgan fingerprint density at radius 3 is 2.68 bits per heavy atom. The van der Waals surface area contributed by atoms with Crippen LogP contribution in [0.5, 0.6) is 0 Å². The largest absolute Gasteiger partial charge is 0.430 e. The van der Waals surface area contributed by atoms with Gasteiger partial charge in [0.1, 0.15) is 12.0 Å². The number of hydrogen-bond acceptors (Lipinski definition) is 5. The Hall–Kier alpha value is -4.70. The summed E-state index contributed by atoms with van der Waals surface area (Å²) in [6.45, 7) is 3.94. The molecule has 0 radical (unpaired) electrons. The number of hydrogen-bond donors (Lipinski definition) is 1. The van der Waals surface area contributed by atoms with E-state index in [2.05, 4.69) is 21.5 Å². The molecule has 0 bridgehead atoms. The van der Waals surface area contributed by atoms with E-state index >= 15 is 0 Å². The van der Waals surface area contributed by atoms with Gasteiger partial charge in [-0.05, 0) is 41.8 Å². The second kappa shape index (κ2) is 8.68. The van der Waals surface area contributed by atoms with E-state index in [1.807, 2.05) is 62.4 Å². The first-order valence-electron chi connectivity index (χ1n) is 10.9. The molecule has 0 saturated carbocycles. The molecule has 3 aromatic carbocycles. The quantitative estimate of drug-likeness (QED) is 0.360. The van der Waals surface area contributed by atoms with Crippen LogP contribution in [0.4, 0.5) is 5.69 Å². The molecule has 1 N–H and O–H groups in total. The zero-order chi connectivity index (χ0) is 23.7. The summed E-state index contributed by atoms with van der Waals surface area (Å²) in [5, 5.41) is 17.7. The van der Waals surface area contributed by atoms with Gasteiger partial charge in [-0.15, -0.1) is 0 Å². The number of rotatable bonds is 5. The van der Waals surface area contributed by atoms with E-state index in [-0.39, 0.29) is 11.8 Å². The molecule has 0 unspecified atom stereocenters. The number of aromatic nitrogens is 3. The first-order valence-corrected chi connectivity index (χ1v) is 10.9. The summed E-state index contributed by atoms with van der Waals surface area (Å²) in [4.78, 5) is 17.7. The van der Waals surface area contributed by atoms with Crippen molar-refractivity contribution in [3.63, 3.8) is 0 Å². The van der Waals surface area contributed by atoms with E-state index < -0.39 is 0 Å². The van der Waals surface area contributed by atoms with Crippen molar-refractivity contribution < 1.29 is 9.21 Å². The van der Waals surface area contributed by atoms with Crippen LogP contribution in [0.3, 0.4) is 0 Å². The highest BCUT2D eigenvalue weighted by Gasteiger charge is 2.18. The molecule has 0 aliphatic carbocycles. The second-order valence-corrected chi connectivity index (χ2v) is 8.20. The summed E-state index contributed by atoms with van der Waals surface area (Å²) >= 11 is 0. The summed E-state index contributed by atoms with van der Waals surface area (Å²) in [6, 6.07) is 23.0. The van der Waals surface area contributed by atoms with Crippen molar-refractivity contribution in [2.75, 3.05) is 5.32 Å². The molecule has 0 aliphatic heterocycles. The van der Waals surface area contributed by atoms with Crippen LogP contribution in [0.2, 0.25) is 0 Å². The van der Waals surface area contributed by atoms with Gasteiger partial charge in [-0.1, -0.05) is 50.2 Å². The first kappa shape index (κ1) is 21.2. The van der Waals surface area contributed by atoms with Crippen molar-refractivity contribution in [2.45, 2.75) is 19.8 Å². The summed E-state index contributed by atoms with van der Waals surface area (Å²) in [5.74, 6) is -0.238. The topological polar surface area (TPSA) is 96.7 Å². The number of benzene rings is 3. The molecule has 0 atom stereocenters. The van der Waals surface area contributed by atoms with Crippen molar-refractivity contribution in [1.29, 1.82) is 5.26 Å². The summed E-state index contributed by atoms with van der Waals surface area (Å²) in [7, 11) is 0. The molecular formula is C27H21N5O2. The van der Waals surface area contributed by atoms with Crippen LogP contribution >= 0.6 is 0 Å². The highest BCUT2D eigenvalue weighted by atomic mass is 16.4. The number of anilines is 1. The van der Waals surface area contributed by atoms with Crippen molar-refractivity contribution in [1.82, 2.24) is 14.8 Å². The predicted molar refractivity (Wildman–Crippen MR) is 130 cm³/mol. The Morgan fingerprint density at radius 1 is 1.09 bits per heavy atom. The van der Waals surface area contributed by atoms with Gasteiger partial charge < -0.3 is 9.73 Å². The van der Waals surface area contributed by atoms with Gasteiger partial charge in [-0.3, -0.25) is 4.79 Å². The van der Waals surface area contributed by atoms with Crippen LogP contribution in [0, 0.1) is 11.3 Å². The lowest BCUT2D eigenvalue weighted by Crippen LogP contribution is -2.16. The van der Waals surface area contributed by atoms with Crippen molar-refractivity contribution >= 4 is 22.5 Å². The lowest BCUT2D eigenvalue weighted by Gasteiger charge is -2.14. The molecule has 5 rings (SSSR count). The normalized spacial score (nSPS) is 11.0. The van der Waals surface area contributed by atoms with Crippen LogP contribution in [0.15, 0.2) is 83.6 Å². The Morgan fingerprint density at radius 2 is 1.91 bits per heavy atom. The minimum absolute atomic E-state index is 0.0318. The van der Waals surface area contributed by atoms with E-state index in [9.17, 15) is 10.1 Å². The Bertz CT molecular complexity index is 1540. The van der Waals surface area contributed by atoms with Crippen LogP contribution in [-0.4, -0.2) is 20.7 Å². The fourth-order valence-corrected chi connectivity index (χ4v) is 4.03. The molecule has 0 spiro atoms. The predicted octanol–water partition coefficient (Wildman–Crippen LogP) is 5.93. The van der Waals surface area contributed by atoms with Gasteiger partial charge in [-0.2, -0.15) is 20.0 Å². The third-order valence-electron chi connectivity index (χ3n) is 5.62. The molecule has 166 valence electrons. The highest BCUT2D eigenvalue weighted by Crippen LogP contribution is 2.27. The molecule has 5 aromatic rings. The zero-order valence-corrected chi connectivity index (χ0v) is 18.7. The molecule has 34 heavy (non-hydrogen) atoms. The summed E-state index contributed by atoms with van der Waals surface area (Å²) < 4.78 is 7.31. The summed E-state index contributed by atoms with van der Waals surface area (Å²) in [5.41, 5.74) is 4.74. The number of carbonyl (C=O) groups is 1. The Labute approximate surface area is 196 Å². The maximum absolute atomic E-state index is 13.1. The Kier molecular flexibility index (Phi) is 5.40. The van der Waals surface area contributed by atoms with Gasteiger partial charge in [0.2, 0.25) is 0 Å². The maximum Gasteiger partial charge on any atom is 0.323 e. The van der Waals surface area contributed by atoms with Crippen molar-refractivity contribution in [2.24, 2.45) is 0 Å². The van der Waals surface area contributed by atoms with E-state index in [1.165, 1.54) is 0 Å². The highest BCUT2D eigenvalue weighted by molar-refractivity contribution is 6.06. The number of oxazole rings is 1. The molecule has 7 heteroatoms. The number of fused-ring (bicyclic) bond motifs is 1. The molecule has 0 saturated heterocycles. The third kappa shape index (κ3) is 3.82. The second-order valence-electron chi connectivity index (χ2n) is 8.20. The average Bonchev–Trinajstić information content (AvgIpc) is 3.51. The summed E-state index contributed by atoms with van der Waals surface area (Å²) in [6.07, 6.45) is 3.32.